The lowest BCUT2D eigenvalue weighted by Crippen LogP contribution is -1.91. The van der Waals surface area contributed by atoms with Gasteiger partial charge in [0, 0.05) is 12.1 Å². The molecule has 5 nitrogen and oxygen atoms in total. The molecule has 0 bridgehead atoms. The van der Waals surface area contributed by atoms with Crippen molar-refractivity contribution >= 4 is 5.69 Å². The maximum atomic E-state index is 11.2. The van der Waals surface area contributed by atoms with E-state index >= 15 is 0 Å². The molecule has 0 heterocycles. The normalized spacial score (nSPS) is 10.0. The lowest BCUT2D eigenvalue weighted by atomic mass is 10.1. The number of nitro groups is 1. The molecule has 0 saturated carbocycles. The summed E-state index contributed by atoms with van der Waals surface area (Å²) >= 11 is 0. The minimum atomic E-state index is -0.476. The minimum absolute atomic E-state index is 0.00594. The summed E-state index contributed by atoms with van der Waals surface area (Å²) in [6.45, 7) is 0. The molecular formula is C13H9NO4. The van der Waals surface area contributed by atoms with Crippen molar-refractivity contribution in [1.82, 2.24) is 0 Å². The summed E-state index contributed by atoms with van der Waals surface area (Å²) in [4.78, 5) is 21.3. The Kier molecular flexibility index (Phi) is 3.05. The number of benzene rings is 1. The van der Waals surface area contributed by atoms with Crippen LogP contribution in [0.2, 0.25) is 0 Å². The first kappa shape index (κ1) is 11.8. The molecule has 0 spiro atoms. The molecule has 2 aromatic rings. The smallest absolute Gasteiger partial charge is 0.269 e. The Morgan fingerprint density at radius 1 is 0.889 bits per heavy atom. The number of nitrogens with zero attached hydrogens (tertiary/aromatic N) is 1. The molecule has 0 atom stereocenters. The van der Waals surface area contributed by atoms with E-state index in [1.54, 1.807) is 24.3 Å². The van der Waals surface area contributed by atoms with Gasteiger partial charge in [-0.2, -0.15) is 0 Å². The van der Waals surface area contributed by atoms with Gasteiger partial charge in [0.25, 0.3) is 5.69 Å². The van der Waals surface area contributed by atoms with Crippen LogP contribution in [0.1, 0.15) is 0 Å². The Bertz CT molecular complexity index is 650. The van der Waals surface area contributed by atoms with Gasteiger partial charge in [-0.25, -0.2) is 0 Å². The lowest BCUT2D eigenvalue weighted by Gasteiger charge is -1.98. The molecular weight excluding hydrogens is 234 g/mol. The third kappa shape index (κ3) is 2.35. The van der Waals surface area contributed by atoms with Gasteiger partial charge in [-0.05, 0) is 35.4 Å². The highest BCUT2D eigenvalue weighted by molar-refractivity contribution is 5.64. The van der Waals surface area contributed by atoms with Gasteiger partial charge in [0.05, 0.1) is 4.92 Å². The predicted molar refractivity (Wildman–Crippen MR) is 66.5 cm³/mol. The summed E-state index contributed by atoms with van der Waals surface area (Å²) in [5.74, 6) is -0.330. The van der Waals surface area contributed by atoms with Crippen molar-refractivity contribution in [3.05, 3.63) is 68.9 Å². The van der Waals surface area contributed by atoms with Crippen LogP contribution >= 0.6 is 0 Å². The molecule has 0 aliphatic heterocycles. The second-order valence-corrected chi connectivity index (χ2v) is 3.68. The number of non-ortho nitro benzene ring substituents is 1. The van der Waals surface area contributed by atoms with Gasteiger partial charge < -0.3 is 5.11 Å². The molecule has 0 saturated heterocycles. The van der Waals surface area contributed by atoms with Crippen LogP contribution in [-0.4, -0.2) is 10.0 Å². The van der Waals surface area contributed by atoms with Crippen LogP contribution in [0, 0.1) is 10.1 Å². The standard InChI is InChI=1S/C13H9NO4/c15-12-7-3-10(4-8-13(12)16)9-1-5-11(6-2-9)14(17)18/h1-8H,(H,15,16). The topological polar surface area (TPSA) is 80.4 Å². The zero-order valence-corrected chi connectivity index (χ0v) is 9.24. The predicted octanol–water partition coefficient (Wildman–Crippen LogP) is 2.33. The highest BCUT2D eigenvalue weighted by Gasteiger charge is 2.05. The fourth-order valence-corrected chi connectivity index (χ4v) is 1.53. The summed E-state index contributed by atoms with van der Waals surface area (Å²) in [7, 11) is 0. The third-order valence-corrected chi connectivity index (χ3v) is 2.50. The molecule has 18 heavy (non-hydrogen) atoms. The number of hydrogen-bond donors (Lipinski definition) is 1. The molecule has 0 aromatic heterocycles. The molecule has 1 N–H and O–H groups in total. The van der Waals surface area contributed by atoms with E-state index in [-0.39, 0.29) is 11.4 Å². The van der Waals surface area contributed by atoms with Crippen molar-refractivity contribution in [2.75, 3.05) is 0 Å². The van der Waals surface area contributed by atoms with E-state index in [9.17, 15) is 20.0 Å². The second-order valence-electron chi connectivity index (χ2n) is 3.68. The average molecular weight is 243 g/mol. The SMILES string of the molecule is O=c1ccc(-c2ccc([N+](=O)[O-])cc2)ccc1O. The van der Waals surface area contributed by atoms with E-state index in [2.05, 4.69) is 0 Å². The Balaban J connectivity index is 2.46. The van der Waals surface area contributed by atoms with Crippen LogP contribution in [0.15, 0.2) is 53.3 Å². The van der Waals surface area contributed by atoms with Crippen molar-refractivity contribution in [3.8, 4) is 16.9 Å². The molecule has 0 radical (unpaired) electrons. The number of hydrogen-bond acceptors (Lipinski definition) is 4. The Morgan fingerprint density at radius 2 is 1.39 bits per heavy atom. The van der Waals surface area contributed by atoms with Gasteiger partial charge in [0.15, 0.2) is 5.75 Å². The zero-order valence-electron chi connectivity index (χ0n) is 9.24. The summed E-state index contributed by atoms with van der Waals surface area (Å²) in [6.07, 6.45) is 0. The summed E-state index contributed by atoms with van der Waals surface area (Å²) in [6, 6.07) is 11.7. The quantitative estimate of drug-likeness (QED) is 0.648. The van der Waals surface area contributed by atoms with E-state index in [0.717, 1.165) is 5.56 Å². The molecule has 2 aromatic carbocycles. The van der Waals surface area contributed by atoms with Crippen molar-refractivity contribution in [2.24, 2.45) is 0 Å². The maximum absolute atomic E-state index is 11.2. The molecule has 0 unspecified atom stereocenters. The van der Waals surface area contributed by atoms with Crippen LogP contribution in [0.4, 0.5) is 5.69 Å². The van der Waals surface area contributed by atoms with Crippen molar-refractivity contribution in [1.29, 1.82) is 0 Å². The molecule has 0 amide bonds. The number of aromatic hydroxyl groups is 1. The highest BCUT2D eigenvalue weighted by atomic mass is 16.6. The van der Waals surface area contributed by atoms with E-state index in [4.69, 9.17) is 0 Å². The fourth-order valence-electron chi connectivity index (χ4n) is 1.53. The van der Waals surface area contributed by atoms with Gasteiger partial charge >= 0.3 is 0 Å². The van der Waals surface area contributed by atoms with Crippen molar-refractivity contribution in [3.63, 3.8) is 0 Å². The zero-order chi connectivity index (χ0) is 13.1. The summed E-state index contributed by atoms with van der Waals surface area (Å²) in [5, 5.41) is 19.8. The fraction of sp³-hybridized carbons (Fsp3) is 0. The highest BCUT2D eigenvalue weighted by Crippen LogP contribution is 2.21. The molecule has 0 aliphatic carbocycles. The minimum Gasteiger partial charge on any atom is -0.504 e. The van der Waals surface area contributed by atoms with Crippen LogP contribution in [-0.2, 0) is 0 Å². The molecule has 2 rings (SSSR count). The first-order valence-electron chi connectivity index (χ1n) is 5.16. The van der Waals surface area contributed by atoms with Gasteiger partial charge in [0.2, 0.25) is 5.43 Å². The molecule has 0 aliphatic rings. The van der Waals surface area contributed by atoms with Crippen molar-refractivity contribution < 1.29 is 10.0 Å². The van der Waals surface area contributed by atoms with E-state index in [1.807, 2.05) is 0 Å². The van der Waals surface area contributed by atoms with Crippen LogP contribution in [0.25, 0.3) is 11.1 Å². The largest absolute Gasteiger partial charge is 0.504 e. The Morgan fingerprint density at radius 3 is 1.94 bits per heavy atom. The monoisotopic (exact) mass is 243 g/mol. The van der Waals surface area contributed by atoms with Crippen LogP contribution < -0.4 is 5.43 Å². The van der Waals surface area contributed by atoms with E-state index in [1.165, 1.54) is 24.3 Å². The van der Waals surface area contributed by atoms with Crippen molar-refractivity contribution in [2.45, 2.75) is 0 Å². The van der Waals surface area contributed by atoms with Gasteiger partial charge in [-0.1, -0.05) is 12.1 Å². The van der Waals surface area contributed by atoms with Crippen LogP contribution in [0.3, 0.4) is 0 Å². The molecule has 0 fully saturated rings. The first-order valence-corrected chi connectivity index (χ1v) is 5.16. The Labute approximate surface area is 102 Å². The van der Waals surface area contributed by atoms with E-state index in [0.29, 0.717) is 5.56 Å². The average Bonchev–Trinajstić information content (AvgIpc) is 2.53. The van der Waals surface area contributed by atoms with Crippen LogP contribution in [0.5, 0.6) is 5.75 Å². The second kappa shape index (κ2) is 4.67. The number of rotatable bonds is 2. The molecule has 5 heteroatoms. The third-order valence-electron chi connectivity index (χ3n) is 2.50. The maximum Gasteiger partial charge on any atom is 0.269 e. The first-order chi connectivity index (χ1) is 8.58. The van der Waals surface area contributed by atoms with Gasteiger partial charge in [-0.3, -0.25) is 14.9 Å². The molecule has 90 valence electrons. The summed E-state index contributed by atoms with van der Waals surface area (Å²) < 4.78 is 0. The van der Waals surface area contributed by atoms with E-state index < -0.39 is 10.4 Å². The van der Waals surface area contributed by atoms with Gasteiger partial charge in [-0.15, -0.1) is 0 Å². The lowest BCUT2D eigenvalue weighted by molar-refractivity contribution is -0.384. The summed E-state index contributed by atoms with van der Waals surface area (Å²) in [5.41, 5.74) is 0.965. The number of nitro benzene ring substituents is 1. The Hall–Kier alpha value is -2.69. The van der Waals surface area contributed by atoms with Gasteiger partial charge in [0.1, 0.15) is 0 Å².